The van der Waals surface area contributed by atoms with E-state index < -0.39 is 15.8 Å². The van der Waals surface area contributed by atoms with E-state index in [9.17, 15) is 12.8 Å². The summed E-state index contributed by atoms with van der Waals surface area (Å²) in [5.41, 5.74) is 3.74. The Kier molecular flexibility index (Phi) is 7.51. The van der Waals surface area contributed by atoms with Crippen LogP contribution in [0.5, 0.6) is 0 Å². The first-order valence-electron chi connectivity index (χ1n) is 11.7. The molecule has 0 radical (unpaired) electrons. The third kappa shape index (κ3) is 6.16. The summed E-state index contributed by atoms with van der Waals surface area (Å²) in [5.74, 6) is 0.0944. The van der Waals surface area contributed by atoms with Gasteiger partial charge in [0.25, 0.3) is 0 Å². The van der Waals surface area contributed by atoms with Crippen molar-refractivity contribution in [2.75, 3.05) is 18.4 Å². The van der Waals surface area contributed by atoms with Crippen LogP contribution in [0.1, 0.15) is 27.2 Å². The molecule has 0 spiro atoms. The molecule has 2 N–H and O–H groups in total. The number of benzene rings is 2. The molecule has 0 bridgehead atoms. The van der Waals surface area contributed by atoms with Gasteiger partial charge in [0.2, 0.25) is 10.0 Å². The van der Waals surface area contributed by atoms with Gasteiger partial charge in [0.1, 0.15) is 17.3 Å². The van der Waals surface area contributed by atoms with Crippen molar-refractivity contribution in [2.45, 2.75) is 37.6 Å². The number of hydrogen-bond acceptors (Lipinski definition) is 5. The molecule has 0 atom stereocenters. The van der Waals surface area contributed by atoms with Crippen molar-refractivity contribution in [1.29, 1.82) is 0 Å². The van der Waals surface area contributed by atoms with Crippen molar-refractivity contribution in [3.63, 3.8) is 0 Å². The Morgan fingerprint density at radius 3 is 2.44 bits per heavy atom. The SMILES string of the molecule is CC(C)(C)n1cc(-c2ccnc(NCCCNS(=O)(=O)c3cccc(F)c3)c2)c(-c2ccccc2)n1. The Morgan fingerprint density at radius 2 is 1.72 bits per heavy atom. The first-order valence-corrected chi connectivity index (χ1v) is 13.2. The van der Waals surface area contributed by atoms with E-state index in [1.165, 1.54) is 18.2 Å². The normalized spacial score (nSPS) is 12.0. The van der Waals surface area contributed by atoms with Gasteiger partial charge in [-0.3, -0.25) is 4.68 Å². The topological polar surface area (TPSA) is 88.9 Å². The van der Waals surface area contributed by atoms with Crippen molar-refractivity contribution < 1.29 is 12.8 Å². The first kappa shape index (κ1) is 25.5. The maximum Gasteiger partial charge on any atom is 0.240 e. The van der Waals surface area contributed by atoms with E-state index in [-0.39, 0.29) is 17.0 Å². The number of aromatic nitrogens is 3. The molecular formula is C27H30FN5O2S. The number of nitrogens with zero attached hydrogens (tertiary/aromatic N) is 3. The largest absolute Gasteiger partial charge is 0.370 e. The molecule has 9 heteroatoms. The third-order valence-electron chi connectivity index (χ3n) is 5.58. The van der Waals surface area contributed by atoms with E-state index in [4.69, 9.17) is 5.10 Å². The summed E-state index contributed by atoms with van der Waals surface area (Å²) in [7, 11) is -3.75. The van der Waals surface area contributed by atoms with Crippen molar-refractivity contribution in [3.8, 4) is 22.4 Å². The van der Waals surface area contributed by atoms with Crippen molar-refractivity contribution in [2.24, 2.45) is 0 Å². The quantitative estimate of drug-likeness (QED) is 0.301. The molecular weight excluding hydrogens is 477 g/mol. The molecule has 0 aliphatic heterocycles. The Morgan fingerprint density at radius 1 is 0.944 bits per heavy atom. The average Bonchev–Trinajstić information content (AvgIpc) is 3.31. The number of sulfonamides is 1. The summed E-state index contributed by atoms with van der Waals surface area (Å²) >= 11 is 0. The lowest BCUT2D eigenvalue weighted by Crippen LogP contribution is -2.26. The predicted octanol–water partition coefficient (Wildman–Crippen LogP) is 5.29. The third-order valence-corrected chi connectivity index (χ3v) is 7.04. The minimum atomic E-state index is -3.75. The molecule has 0 saturated heterocycles. The van der Waals surface area contributed by atoms with Gasteiger partial charge < -0.3 is 5.32 Å². The minimum absolute atomic E-state index is 0.0881. The van der Waals surface area contributed by atoms with Crippen molar-refractivity contribution in [1.82, 2.24) is 19.5 Å². The highest BCUT2D eigenvalue weighted by Crippen LogP contribution is 2.33. The first-order chi connectivity index (χ1) is 17.1. The molecule has 0 unspecified atom stereocenters. The summed E-state index contributed by atoms with van der Waals surface area (Å²) in [5, 5.41) is 8.14. The van der Waals surface area contributed by atoms with Crippen LogP contribution < -0.4 is 10.0 Å². The van der Waals surface area contributed by atoms with E-state index in [0.29, 0.717) is 18.8 Å². The lowest BCUT2D eigenvalue weighted by atomic mass is 10.0. The van der Waals surface area contributed by atoms with Gasteiger partial charge in [0.05, 0.1) is 10.4 Å². The highest BCUT2D eigenvalue weighted by atomic mass is 32.2. The van der Waals surface area contributed by atoms with Crippen LogP contribution in [-0.4, -0.2) is 36.3 Å². The molecule has 188 valence electrons. The van der Waals surface area contributed by atoms with Gasteiger partial charge in [0.15, 0.2) is 0 Å². The van der Waals surface area contributed by atoms with Crippen molar-refractivity contribution in [3.05, 3.63) is 84.9 Å². The number of nitrogens with one attached hydrogen (secondary N) is 2. The van der Waals surface area contributed by atoms with Crippen LogP contribution >= 0.6 is 0 Å². The maximum atomic E-state index is 13.3. The standard InChI is InChI=1S/C27H30FN5O2S/c1-27(2,3)33-19-24(26(32-33)20-9-5-4-6-10-20)21-13-16-30-25(17-21)29-14-8-15-31-36(34,35)23-12-7-11-22(28)18-23/h4-7,9-13,16-19,31H,8,14-15H2,1-3H3,(H,29,30). The van der Waals surface area contributed by atoms with Crippen LogP contribution in [0.15, 0.2) is 84.0 Å². The van der Waals surface area contributed by atoms with Crippen LogP contribution in [-0.2, 0) is 15.6 Å². The molecule has 2 heterocycles. The molecule has 2 aromatic carbocycles. The molecule has 4 rings (SSSR count). The fraction of sp³-hybridized carbons (Fsp3) is 0.259. The highest BCUT2D eigenvalue weighted by molar-refractivity contribution is 7.89. The van der Waals surface area contributed by atoms with Crippen LogP contribution in [0.3, 0.4) is 0 Å². The fourth-order valence-electron chi connectivity index (χ4n) is 3.66. The molecule has 0 fully saturated rings. The zero-order valence-corrected chi connectivity index (χ0v) is 21.4. The average molecular weight is 508 g/mol. The van der Waals surface area contributed by atoms with Gasteiger partial charge >= 0.3 is 0 Å². The van der Waals surface area contributed by atoms with Crippen LogP contribution in [0.2, 0.25) is 0 Å². The molecule has 36 heavy (non-hydrogen) atoms. The number of pyridine rings is 1. The Labute approximate surface area is 211 Å². The summed E-state index contributed by atoms with van der Waals surface area (Å²) in [6, 6.07) is 18.9. The number of hydrogen-bond donors (Lipinski definition) is 2. The molecule has 0 aliphatic rings. The molecule has 0 aliphatic carbocycles. The number of halogens is 1. The smallest absolute Gasteiger partial charge is 0.240 e. The summed E-state index contributed by atoms with van der Waals surface area (Å²) in [6.45, 7) is 7.05. The maximum absolute atomic E-state index is 13.3. The monoisotopic (exact) mass is 507 g/mol. The number of rotatable bonds is 9. The lowest BCUT2D eigenvalue weighted by Gasteiger charge is -2.18. The predicted molar refractivity (Wildman–Crippen MR) is 141 cm³/mol. The molecule has 4 aromatic rings. The summed E-state index contributed by atoms with van der Waals surface area (Å²) in [6.07, 6.45) is 4.33. The van der Waals surface area contributed by atoms with Crippen molar-refractivity contribution >= 4 is 15.8 Å². The second kappa shape index (κ2) is 10.6. The van der Waals surface area contributed by atoms with Crippen LogP contribution in [0.4, 0.5) is 10.2 Å². The fourth-order valence-corrected chi connectivity index (χ4v) is 4.77. The molecule has 7 nitrogen and oxygen atoms in total. The molecule has 2 aromatic heterocycles. The summed E-state index contributed by atoms with van der Waals surface area (Å²) < 4.78 is 42.5. The molecule has 0 amide bonds. The Hall–Kier alpha value is -3.56. The van der Waals surface area contributed by atoms with Gasteiger partial charge in [-0.2, -0.15) is 5.10 Å². The van der Waals surface area contributed by atoms with Gasteiger partial charge in [-0.1, -0.05) is 36.4 Å². The van der Waals surface area contributed by atoms with E-state index in [1.807, 2.05) is 47.1 Å². The van der Waals surface area contributed by atoms with E-state index >= 15 is 0 Å². The molecule has 0 saturated carbocycles. The zero-order chi connectivity index (χ0) is 25.8. The van der Waals surface area contributed by atoms with E-state index in [2.05, 4.69) is 42.0 Å². The Balaban J connectivity index is 1.44. The van der Waals surface area contributed by atoms with Gasteiger partial charge in [-0.25, -0.2) is 22.5 Å². The zero-order valence-electron chi connectivity index (χ0n) is 20.6. The van der Waals surface area contributed by atoms with Gasteiger partial charge in [0, 0.05) is 36.6 Å². The second-order valence-electron chi connectivity index (χ2n) is 9.44. The number of anilines is 1. The van der Waals surface area contributed by atoms with Gasteiger partial charge in [-0.05, 0) is 63.1 Å². The van der Waals surface area contributed by atoms with E-state index in [0.717, 1.165) is 28.5 Å². The van der Waals surface area contributed by atoms with Crippen LogP contribution in [0.25, 0.3) is 22.4 Å². The second-order valence-corrected chi connectivity index (χ2v) is 11.2. The lowest BCUT2D eigenvalue weighted by molar-refractivity contribution is 0.356. The highest BCUT2D eigenvalue weighted by Gasteiger charge is 2.20. The minimum Gasteiger partial charge on any atom is -0.370 e. The van der Waals surface area contributed by atoms with Crippen LogP contribution in [0, 0.1) is 5.82 Å². The summed E-state index contributed by atoms with van der Waals surface area (Å²) in [4.78, 5) is 4.32. The Bertz CT molecular complexity index is 1430. The van der Waals surface area contributed by atoms with Gasteiger partial charge in [-0.15, -0.1) is 0 Å². The van der Waals surface area contributed by atoms with E-state index in [1.54, 1.807) is 6.20 Å².